The van der Waals surface area contributed by atoms with Crippen LogP contribution < -0.4 is 10.2 Å². The van der Waals surface area contributed by atoms with Crippen molar-refractivity contribution in [2.45, 2.75) is 99.1 Å². The van der Waals surface area contributed by atoms with Crippen LogP contribution in [0.1, 0.15) is 108 Å². The van der Waals surface area contributed by atoms with Gasteiger partial charge >= 0.3 is 0 Å². The van der Waals surface area contributed by atoms with Crippen molar-refractivity contribution in [3.8, 4) is 5.75 Å². The lowest BCUT2D eigenvalue weighted by atomic mass is 9.60. The summed E-state index contributed by atoms with van der Waals surface area (Å²) in [5, 5.41) is 26.7. The van der Waals surface area contributed by atoms with Gasteiger partial charge in [0.15, 0.2) is 0 Å². The van der Waals surface area contributed by atoms with Gasteiger partial charge in [0.1, 0.15) is 5.75 Å². The molecule has 0 radical (unpaired) electrons. The molecule has 2 fully saturated rings. The van der Waals surface area contributed by atoms with Crippen molar-refractivity contribution in [3.05, 3.63) is 58.7 Å². The van der Waals surface area contributed by atoms with Crippen LogP contribution in [0.15, 0.2) is 36.4 Å². The van der Waals surface area contributed by atoms with Gasteiger partial charge in [-0.25, -0.2) is 0 Å². The van der Waals surface area contributed by atoms with Crippen molar-refractivity contribution < 1.29 is 9.90 Å². The summed E-state index contributed by atoms with van der Waals surface area (Å²) in [6, 6.07) is 12.2. The van der Waals surface area contributed by atoms with Gasteiger partial charge < -0.3 is 26.1 Å². The second-order valence-corrected chi connectivity index (χ2v) is 11.8. The first-order valence-corrected chi connectivity index (χ1v) is 15.0. The highest BCUT2D eigenvalue weighted by molar-refractivity contribution is 6.10. The molecule has 2 saturated carbocycles. The molecule has 6 heteroatoms. The van der Waals surface area contributed by atoms with E-state index < -0.39 is 0 Å². The van der Waals surface area contributed by atoms with Crippen LogP contribution in [-0.4, -0.2) is 30.0 Å². The Morgan fingerprint density at radius 1 is 1.15 bits per heavy atom. The molecule has 2 aromatic rings. The Morgan fingerprint density at radius 3 is 2.30 bits per heavy atom. The zero-order valence-electron chi connectivity index (χ0n) is 25.8. The number of anilines is 1. The molecule has 0 unspecified atom stereocenters. The fraction of sp³-hybridized carbons (Fsp3) is 0.559. The Hall–Kier alpha value is -2.99. The minimum atomic E-state index is -0.00887. The summed E-state index contributed by atoms with van der Waals surface area (Å²) in [5.41, 5.74) is 4.82. The van der Waals surface area contributed by atoms with Crippen LogP contribution in [-0.2, 0) is 18.5 Å². The summed E-state index contributed by atoms with van der Waals surface area (Å²) in [7, 11) is 0. The second kappa shape index (κ2) is 15.7. The van der Waals surface area contributed by atoms with E-state index in [-0.39, 0.29) is 17.1 Å². The average Bonchev–Trinajstić information content (AvgIpc) is 3.23. The summed E-state index contributed by atoms with van der Waals surface area (Å²) >= 11 is 0. The molecule has 2 aliphatic carbocycles. The quantitative estimate of drug-likeness (QED) is 0.263. The Kier molecular flexibility index (Phi) is 13.0. The number of benzene rings is 2. The smallest absolute Gasteiger partial charge is 0.259 e. The fourth-order valence-electron chi connectivity index (χ4n) is 5.64. The maximum atomic E-state index is 13.2. The summed E-state index contributed by atoms with van der Waals surface area (Å²) < 4.78 is 0. The average molecular weight is 549 g/mol. The standard InChI is InChI=1S/C26H32N2O2.C4H9N.C2H5N.C2H6/c1-17-12-26(2,13-17)20-7-4-8-21(11-20)28-16-23-22(25(28)30)9-19(10-24(23)29)15-27-14-18-5-3-6-18;1-4(2)3-5;1-2-3;1-2/h4,7-11,17-18,27,29H,3,5-6,12-16H2,1-2H3;3-5H,1-2H3;2-3H,1H3;1-2H3. The molecule has 0 atom stereocenters. The van der Waals surface area contributed by atoms with Crippen molar-refractivity contribution in [2.24, 2.45) is 17.8 Å². The van der Waals surface area contributed by atoms with Gasteiger partial charge in [-0.3, -0.25) is 4.79 Å². The number of rotatable bonds is 7. The molecule has 5 rings (SSSR count). The van der Waals surface area contributed by atoms with E-state index in [0.29, 0.717) is 24.6 Å². The zero-order chi connectivity index (χ0) is 29.9. The predicted octanol–water partition coefficient (Wildman–Crippen LogP) is 8.10. The van der Waals surface area contributed by atoms with E-state index >= 15 is 0 Å². The van der Waals surface area contributed by atoms with Gasteiger partial charge in [-0.15, -0.1) is 0 Å². The van der Waals surface area contributed by atoms with E-state index in [1.54, 1.807) is 6.92 Å². The number of hydrogen-bond acceptors (Lipinski definition) is 5. The second-order valence-electron chi connectivity index (χ2n) is 11.8. The number of amides is 1. The lowest BCUT2D eigenvalue weighted by Gasteiger charge is -2.44. The Balaban J connectivity index is 0.000000491. The fourth-order valence-corrected chi connectivity index (χ4v) is 5.64. The van der Waals surface area contributed by atoms with Gasteiger partial charge in [0, 0.05) is 23.4 Å². The number of phenolic OH excluding ortho intramolecular Hbond substituents is 1. The molecule has 0 aromatic heterocycles. The van der Waals surface area contributed by atoms with E-state index in [0.717, 1.165) is 35.2 Å². The van der Waals surface area contributed by atoms with Crippen LogP contribution in [0.2, 0.25) is 0 Å². The van der Waals surface area contributed by atoms with Crippen LogP contribution in [0.3, 0.4) is 0 Å². The monoisotopic (exact) mass is 548 g/mol. The molecule has 0 saturated heterocycles. The number of hydrogen-bond donors (Lipinski definition) is 4. The highest BCUT2D eigenvalue weighted by Crippen LogP contribution is 2.48. The first-order valence-electron chi connectivity index (χ1n) is 15.0. The molecule has 1 heterocycles. The van der Waals surface area contributed by atoms with Crippen LogP contribution in [0, 0.1) is 28.6 Å². The predicted molar refractivity (Wildman–Crippen MR) is 169 cm³/mol. The number of nitrogens with one attached hydrogen (secondary N) is 3. The van der Waals surface area contributed by atoms with Crippen LogP contribution in [0.25, 0.3) is 0 Å². The third-order valence-corrected chi connectivity index (χ3v) is 7.85. The minimum Gasteiger partial charge on any atom is -0.508 e. The van der Waals surface area contributed by atoms with Crippen LogP contribution in [0.5, 0.6) is 5.75 Å². The SMILES string of the molecule is CC.CC(C)C=N.CC1CC(C)(c2cccc(N3Cc4c(O)cc(CNCC5CCC5)cc4C3=O)c2)C1.CC=N. The van der Waals surface area contributed by atoms with Gasteiger partial charge in [0.25, 0.3) is 5.91 Å². The molecule has 1 amide bonds. The third kappa shape index (κ3) is 8.50. The first-order chi connectivity index (χ1) is 19.1. The molecular weight excluding hydrogens is 496 g/mol. The maximum absolute atomic E-state index is 13.2. The number of nitrogens with zero attached hydrogens (tertiary/aromatic N) is 1. The van der Waals surface area contributed by atoms with Crippen molar-refractivity contribution in [3.63, 3.8) is 0 Å². The summed E-state index contributed by atoms with van der Waals surface area (Å²) in [5.74, 6) is 2.21. The van der Waals surface area contributed by atoms with Gasteiger partial charge in [0.05, 0.1) is 6.54 Å². The Labute approximate surface area is 242 Å². The number of carbonyl (C=O) groups excluding carboxylic acids is 1. The topological polar surface area (TPSA) is 100 Å². The number of phenols is 1. The van der Waals surface area contributed by atoms with E-state index in [4.69, 9.17) is 10.8 Å². The highest BCUT2D eigenvalue weighted by atomic mass is 16.3. The molecule has 0 spiro atoms. The molecule has 6 nitrogen and oxygen atoms in total. The van der Waals surface area contributed by atoms with E-state index in [1.807, 2.05) is 50.8 Å². The lowest BCUT2D eigenvalue weighted by molar-refractivity contribution is 0.0996. The first kappa shape index (κ1) is 33.2. The van der Waals surface area contributed by atoms with E-state index in [2.05, 4.69) is 37.4 Å². The van der Waals surface area contributed by atoms with Crippen LogP contribution >= 0.6 is 0 Å². The van der Waals surface area contributed by atoms with Gasteiger partial charge in [-0.05, 0) is 110 Å². The molecule has 4 N–H and O–H groups in total. The van der Waals surface area contributed by atoms with E-state index in [9.17, 15) is 9.90 Å². The summed E-state index contributed by atoms with van der Waals surface area (Å²) in [6.07, 6.45) is 9.03. The lowest BCUT2D eigenvalue weighted by Crippen LogP contribution is -2.37. The summed E-state index contributed by atoms with van der Waals surface area (Å²) in [6.45, 7) is 16.4. The van der Waals surface area contributed by atoms with Gasteiger partial charge in [-0.2, -0.15) is 0 Å². The number of carbonyl (C=O) groups is 1. The molecule has 40 heavy (non-hydrogen) atoms. The Bertz CT molecular complexity index is 1120. The van der Waals surface area contributed by atoms with E-state index in [1.165, 1.54) is 50.1 Å². The van der Waals surface area contributed by atoms with Gasteiger partial charge in [-0.1, -0.05) is 60.1 Å². The number of fused-ring (bicyclic) bond motifs is 1. The normalized spacial score (nSPS) is 20.9. The van der Waals surface area contributed by atoms with Crippen LogP contribution in [0.4, 0.5) is 5.69 Å². The summed E-state index contributed by atoms with van der Waals surface area (Å²) in [4.78, 5) is 15.0. The molecule has 0 bridgehead atoms. The number of aromatic hydroxyl groups is 1. The largest absolute Gasteiger partial charge is 0.508 e. The van der Waals surface area contributed by atoms with Gasteiger partial charge in [0.2, 0.25) is 0 Å². The van der Waals surface area contributed by atoms with Crippen molar-refractivity contribution in [1.82, 2.24) is 5.32 Å². The Morgan fingerprint density at radius 2 is 1.77 bits per heavy atom. The minimum absolute atomic E-state index is 0.00887. The zero-order valence-corrected chi connectivity index (χ0v) is 25.8. The molecule has 2 aromatic carbocycles. The van der Waals surface area contributed by atoms with Crippen molar-refractivity contribution in [1.29, 1.82) is 10.8 Å². The van der Waals surface area contributed by atoms with Crippen molar-refractivity contribution >= 4 is 24.0 Å². The maximum Gasteiger partial charge on any atom is 0.259 e. The highest BCUT2D eigenvalue weighted by Gasteiger charge is 2.39. The molecule has 3 aliphatic rings. The van der Waals surface area contributed by atoms with Crippen molar-refractivity contribution in [2.75, 3.05) is 11.4 Å². The third-order valence-electron chi connectivity index (χ3n) is 7.85. The molecule has 220 valence electrons. The molecular formula is C34H52N4O2. The molecule has 1 aliphatic heterocycles.